The molecule has 0 aromatic rings. The van der Waals surface area contributed by atoms with E-state index in [1.165, 1.54) is 32.1 Å². The number of hydrogen-bond donors (Lipinski definition) is 1. The zero-order valence-electron chi connectivity index (χ0n) is 13.9. The quantitative estimate of drug-likeness (QED) is 0.755. The first-order valence-electron chi connectivity index (χ1n) is 8.53. The van der Waals surface area contributed by atoms with Crippen molar-refractivity contribution in [1.82, 2.24) is 4.90 Å². The lowest BCUT2D eigenvalue weighted by Crippen LogP contribution is -2.60. The van der Waals surface area contributed by atoms with Gasteiger partial charge in [-0.05, 0) is 51.1 Å². The van der Waals surface area contributed by atoms with Gasteiger partial charge in [-0.3, -0.25) is 4.90 Å². The Morgan fingerprint density at radius 3 is 2.26 bits per heavy atom. The molecule has 1 aliphatic carbocycles. The third-order valence-corrected chi connectivity index (χ3v) is 5.83. The minimum atomic E-state index is 0.170. The first-order valence-corrected chi connectivity index (χ1v) is 8.53. The molecule has 0 amide bonds. The minimum absolute atomic E-state index is 0.170. The van der Waals surface area contributed by atoms with E-state index in [0.717, 1.165) is 31.3 Å². The standard InChI is InChI=1S/C17H36N2/c1-6-14-11-10-12-15(13-14)16(18)17(5,7-2)19(8-3)9-4/h14-16H,6-13,18H2,1-5H3. The molecule has 0 saturated heterocycles. The van der Waals surface area contributed by atoms with Crippen LogP contribution in [0.2, 0.25) is 0 Å². The lowest BCUT2D eigenvalue weighted by atomic mass is 9.70. The van der Waals surface area contributed by atoms with Crippen molar-refractivity contribution in [2.24, 2.45) is 17.6 Å². The van der Waals surface area contributed by atoms with Crippen molar-refractivity contribution in [1.29, 1.82) is 0 Å². The molecule has 114 valence electrons. The molecular weight excluding hydrogens is 232 g/mol. The van der Waals surface area contributed by atoms with E-state index < -0.39 is 0 Å². The SMILES string of the molecule is CCC1CCCC(C(N)C(C)(CC)N(CC)CC)C1. The van der Waals surface area contributed by atoms with Crippen molar-refractivity contribution in [3.05, 3.63) is 0 Å². The zero-order valence-corrected chi connectivity index (χ0v) is 13.9. The van der Waals surface area contributed by atoms with Gasteiger partial charge in [-0.25, -0.2) is 0 Å². The summed E-state index contributed by atoms with van der Waals surface area (Å²) in [5.41, 5.74) is 6.94. The Bertz CT molecular complexity index is 250. The second-order valence-corrected chi connectivity index (χ2v) is 6.61. The fourth-order valence-electron chi connectivity index (χ4n) is 4.15. The molecule has 19 heavy (non-hydrogen) atoms. The molecule has 0 spiro atoms. The molecule has 2 heteroatoms. The topological polar surface area (TPSA) is 29.3 Å². The third kappa shape index (κ3) is 3.72. The van der Waals surface area contributed by atoms with Gasteiger partial charge in [0.1, 0.15) is 0 Å². The highest BCUT2D eigenvalue weighted by atomic mass is 15.2. The molecule has 2 nitrogen and oxygen atoms in total. The van der Waals surface area contributed by atoms with Gasteiger partial charge in [0.2, 0.25) is 0 Å². The van der Waals surface area contributed by atoms with E-state index in [4.69, 9.17) is 5.73 Å². The summed E-state index contributed by atoms with van der Waals surface area (Å²) in [6.45, 7) is 13.8. The Morgan fingerprint density at radius 2 is 1.79 bits per heavy atom. The lowest BCUT2D eigenvalue weighted by molar-refractivity contribution is 0.0467. The number of nitrogens with zero attached hydrogens (tertiary/aromatic N) is 1. The molecule has 1 aliphatic rings. The second-order valence-electron chi connectivity index (χ2n) is 6.61. The molecular formula is C17H36N2. The molecule has 0 radical (unpaired) electrons. The Labute approximate surface area is 121 Å². The average molecular weight is 268 g/mol. The predicted octanol–water partition coefficient (Wildman–Crippen LogP) is 4.04. The van der Waals surface area contributed by atoms with Crippen LogP contribution >= 0.6 is 0 Å². The highest BCUT2D eigenvalue weighted by molar-refractivity contribution is 4.98. The predicted molar refractivity (Wildman–Crippen MR) is 85.3 cm³/mol. The summed E-state index contributed by atoms with van der Waals surface area (Å²) in [6, 6.07) is 0.326. The van der Waals surface area contributed by atoms with Crippen LogP contribution in [-0.2, 0) is 0 Å². The highest BCUT2D eigenvalue weighted by Gasteiger charge is 2.40. The summed E-state index contributed by atoms with van der Waals surface area (Å²) in [7, 11) is 0. The Balaban J connectivity index is 2.79. The molecule has 2 N–H and O–H groups in total. The van der Waals surface area contributed by atoms with Crippen LogP contribution < -0.4 is 5.73 Å². The molecule has 0 aliphatic heterocycles. The van der Waals surface area contributed by atoms with Crippen LogP contribution in [0.5, 0.6) is 0 Å². The van der Waals surface area contributed by atoms with Gasteiger partial charge in [-0.2, -0.15) is 0 Å². The van der Waals surface area contributed by atoms with E-state index in [9.17, 15) is 0 Å². The molecule has 1 saturated carbocycles. The van der Waals surface area contributed by atoms with E-state index in [1.54, 1.807) is 0 Å². The molecule has 0 bridgehead atoms. The fourth-order valence-corrected chi connectivity index (χ4v) is 4.15. The third-order valence-electron chi connectivity index (χ3n) is 5.83. The summed E-state index contributed by atoms with van der Waals surface area (Å²) in [5.74, 6) is 1.65. The smallest absolute Gasteiger partial charge is 0.0332 e. The van der Waals surface area contributed by atoms with Crippen molar-refractivity contribution in [2.75, 3.05) is 13.1 Å². The van der Waals surface area contributed by atoms with Crippen molar-refractivity contribution < 1.29 is 0 Å². The largest absolute Gasteiger partial charge is 0.326 e. The van der Waals surface area contributed by atoms with Crippen LogP contribution in [0.25, 0.3) is 0 Å². The number of hydrogen-bond acceptors (Lipinski definition) is 2. The summed E-state index contributed by atoms with van der Waals surface area (Å²) in [6.07, 6.45) is 7.99. The summed E-state index contributed by atoms with van der Waals surface area (Å²) < 4.78 is 0. The van der Waals surface area contributed by atoms with Crippen LogP contribution in [-0.4, -0.2) is 29.6 Å². The van der Waals surface area contributed by atoms with Crippen molar-refractivity contribution in [2.45, 2.75) is 84.7 Å². The fraction of sp³-hybridized carbons (Fsp3) is 1.00. The normalized spacial score (nSPS) is 29.2. The van der Waals surface area contributed by atoms with Gasteiger partial charge in [-0.15, -0.1) is 0 Å². The van der Waals surface area contributed by atoms with Crippen LogP contribution in [0, 0.1) is 11.8 Å². The van der Waals surface area contributed by atoms with Crippen LogP contribution in [0.3, 0.4) is 0 Å². The Hall–Kier alpha value is -0.0800. The minimum Gasteiger partial charge on any atom is -0.326 e. The molecule has 1 rings (SSSR count). The summed E-state index contributed by atoms with van der Waals surface area (Å²) in [5, 5.41) is 0. The van der Waals surface area contributed by atoms with Gasteiger partial charge in [0.05, 0.1) is 0 Å². The first-order chi connectivity index (χ1) is 9.03. The maximum Gasteiger partial charge on any atom is 0.0332 e. The maximum atomic E-state index is 6.76. The van der Waals surface area contributed by atoms with Crippen molar-refractivity contribution in [3.63, 3.8) is 0 Å². The van der Waals surface area contributed by atoms with Gasteiger partial charge in [0.25, 0.3) is 0 Å². The molecule has 0 aromatic carbocycles. The Morgan fingerprint density at radius 1 is 1.16 bits per heavy atom. The van der Waals surface area contributed by atoms with Gasteiger partial charge >= 0.3 is 0 Å². The van der Waals surface area contributed by atoms with Crippen molar-refractivity contribution >= 4 is 0 Å². The van der Waals surface area contributed by atoms with Gasteiger partial charge in [-0.1, -0.05) is 47.0 Å². The molecule has 0 aromatic heterocycles. The van der Waals surface area contributed by atoms with E-state index in [-0.39, 0.29) is 5.54 Å². The number of nitrogens with two attached hydrogens (primary N) is 1. The first kappa shape index (κ1) is 17.0. The van der Waals surface area contributed by atoms with E-state index in [2.05, 4.69) is 39.5 Å². The monoisotopic (exact) mass is 268 g/mol. The zero-order chi connectivity index (χ0) is 14.5. The molecule has 4 unspecified atom stereocenters. The van der Waals surface area contributed by atoms with Crippen LogP contribution in [0.1, 0.15) is 73.1 Å². The van der Waals surface area contributed by atoms with Gasteiger partial charge < -0.3 is 5.73 Å². The van der Waals surface area contributed by atoms with Crippen LogP contribution in [0.4, 0.5) is 0 Å². The molecule has 0 heterocycles. The highest BCUT2D eigenvalue weighted by Crippen LogP contribution is 2.37. The number of rotatable bonds is 7. The van der Waals surface area contributed by atoms with Crippen molar-refractivity contribution in [3.8, 4) is 0 Å². The lowest BCUT2D eigenvalue weighted by Gasteiger charge is -2.48. The molecule has 1 fully saturated rings. The molecule has 4 atom stereocenters. The summed E-state index contributed by atoms with van der Waals surface area (Å²) in [4.78, 5) is 2.58. The second kappa shape index (κ2) is 7.64. The van der Waals surface area contributed by atoms with Gasteiger partial charge in [0, 0.05) is 11.6 Å². The van der Waals surface area contributed by atoms with E-state index >= 15 is 0 Å². The van der Waals surface area contributed by atoms with E-state index in [1.807, 2.05) is 0 Å². The van der Waals surface area contributed by atoms with Gasteiger partial charge in [0.15, 0.2) is 0 Å². The summed E-state index contributed by atoms with van der Waals surface area (Å²) >= 11 is 0. The van der Waals surface area contributed by atoms with E-state index in [0.29, 0.717) is 6.04 Å². The Kier molecular flexibility index (Phi) is 6.82. The number of likely N-dealkylation sites (N-methyl/N-ethyl adjacent to an activating group) is 1. The average Bonchev–Trinajstić information content (AvgIpc) is 2.47. The van der Waals surface area contributed by atoms with Crippen LogP contribution in [0.15, 0.2) is 0 Å². The maximum absolute atomic E-state index is 6.76.